The second-order valence-electron chi connectivity index (χ2n) is 8.94. The van der Waals surface area contributed by atoms with Gasteiger partial charge in [-0.05, 0) is 50.0 Å². The molecule has 0 unspecified atom stereocenters. The van der Waals surface area contributed by atoms with Crippen molar-refractivity contribution in [3.8, 4) is 11.3 Å². The van der Waals surface area contributed by atoms with E-state index in [9.17, 15) is 9.59 Å². The van der Waals surface area contributed by atoms with Crippen LogP contribution in [0.15, 0.2) is 67.6 Å². The Kier molecular flexibility index (Phi) is 7.14. The highest BCUT2D eigenvalue weighted by atomic mass is 35.5. The van der Waals surface area contributed by atoms with Gasteiger partial charge in [0.1, 0.15) is 5.69 Å². The van der Waals surface area contributed by atoms with Crippen LogP contribution in [0.4, 0.5) is 11.6 Å². The number of para-hydroxylation sites is 1. The molecule has 0 aliphatic heterocycles. The monoisotopic (exact) mass is 515 g/mol. The number of rotatable bonds is 7. The van der Waals surface area contributed by atoms with Gasteiger partial charge >= 0.3 is 0 Å². The number of anilines is 2. The summed E-state index contributed by atoms with van der Waals surface area (Å²) in [5, 5.41) is 10.6. The highest BCUT2D eigenvalue weighted by molar-refractivity contribution is 6.33. The first-order chi connectivity index (χ1) is 18.0. The van der Waals surface area contributed by atoms with Gasteiger partial charge in [0, 0.05) is 34.7 Å². The molecule has 3 heterocycles. The fourth-order valence-electron chi connectivity index (χ4n) is 4.58. The van der Waals surface area contributed by atoms with Gasteiger partial charge in [-0.25, -0.2) is 15.0 Å². The molecule has 1 saturated carbocycles. The Balaban J connectivity index is 1.23. The average Bonchev–Trinajstić information content (AvgIpc) is 3.34. The van der Waals surface area contributed by atoms with E-state index >= 15 is 0 Å². The first-order valence-electron chi connectivity index (χ1n) is 12.1. The molecule has 0 bridgehead atoms. The maximum Gasteiger partial charge on any atom is 0.270 e. The number of halogens is 1. The Morgan fingerprint density at radius 3 is 2.73 bits per heavy atom. The van der Waals surface area contributed by atoms with Crippen LogP contribution in [-0.4, -0.2) is 43.8 Å². The van der Waals surface area contributed by atoms with Gasteiger partial charge in [0.15, 0.2) is 0 Å². The van der Waals surface area contributed by atoms with Crippen LogP contribution in [0.5, 0.6) is 0 Å². The number of nitrogens with zero attached hydrogens (tertiary/aromatic N) is 3. The third kappa shape index (κ3) is 5.62. The lowest BCUT2D eigenvalue weighted by atomic mass is 9.91. The minimum absolute atomic E-state index is 0.0129. The van der Waals surface area contributed by atoms with Crippen molar-refractivity contribution in [3.05, 3.63) is 78.4 Å². The lowest BCUT2D eigenvalue weighted by Gasteiger charge is -2.30. The Labute approximate surface area is 218 Å². The van der Waals surface area contributed by atoms with E-state index in [1.165, 1.54) is 12.3 Å². The van der Waals surface area contributed by atoms with Crippen molar-refractivity contribution < 1.29 is 9.59 Å². The summed E-state index contributed by atoms with van der Waals surface area (Å²) in [5.41, 5.74) is 3.38. The summed E-state index contributed by atoms with van der Waals surface area (Å²) in [6.07, 6.45) is 9.64. The molecule has 1 aromatic carbocycles. The SMILES string of the molecule is C=CC(=O)Nc1ccc(C(=O)N[C@H]2CCC[C@@H](Nc3ncc(Cl)c(-c4c[nH]c5ccccc45)n3)C2)nc1. The topological polar surface area (TPSA) is 125 Å². The van der Waals surface area contributed by atoms with Gasteiger partial charge in [0.25, 0.3) is 5.91 Å². The van der Waals surface area contributed by atoms with Gasteiger partial charge in [-0.1, -0.05) is 36.4 Å². The number of aromatic nitrogens is 4. The molecule has 2 amide bonds. The number of carbonyl (C=O) groups excluding carboxylic acids is 2. The first-order valence-corrected chi connectivity index (χ1v) is 12.4. The zero-order valence-corrected chi connectivity index (χ0v) is 20.8. The highest BCUT2D eigenvalue weighted by Crippen LogP contribution is 2.32. The molecule has 4 aromatic rings. The second kappa shape index (κ2) is 10.8. The Bertz CT molecular complexity index is 1450. The van der Waals surface area contributed by atoms with Crippen LogP contribution < -0.4 is 16.0 Å². The zero-order chi connectivity index (χ0) is 25.8. The molecule has 2 atom stereocenters. The van der Waals surface area contributed by atoms with E-state index in [1.807, 2.05) is 30.5 Å². The van der Waals surface area contributed by atoms with E-state index < -0.39 is 0 Å². The minimum atomic E-state index is -0.335. The molecule has 5 rings (SSSR count). The standard InChI is InChI=1S/C27H26ClN7O2/c1-2-24(36)32-18-10-11-23(29-13-18)26(37)33-16-6-5-7-17(12-16)34-27-31-15-21(28)25(35-27)20-14-30-22-9-4-3-8-19(20)22/h2-4,8-11,13-17,30H,1,5-7,12H2,(H,32,36)(H,33,37)(H,31,34,35)/t16-,17+/m0/s1. The largest absolute Gasteiger partial charge is 0.360 e. The summed E-state index contributed by atoms with van der Waals surface area (Å²) in [5.74, 6) is -0.0879. The predicted octanol–water partition coefficient (Wildman–Crippen LogP) is 4.95. The molecule has 4 N–H and O–H groups in total. The molecular weight excluding hydrogens is 490 g/mol. The Hall–Kier alpha value is -4.24. The summed E-state index contributed by atoms with van der Waals surface area (Å²) in [6, 6.07) is 11.3. The van der Waals surface area contributed by atoms with Crippen molar-refractivity contribution in [1.29, 1.82) is 0 Å². The molecule has 0 saturated heterocycles. The van der Waals surface area contributed by atoms with Crippen LogP contribution in [0.2, 0.25) is 5.02 Å². The lowest BCUT2D eigenvalue weighted by Crippen LogP contribution is -2.42. The second-order valence-corrected chi connectivity index (χ2v) is 9.35. The molecular formula is C27H26ClN7O2. The third-order valence-corrected chi connectivity index (χ3v) is 6.66. The number of amides is 2. The van der Waals surface area contributed by atoms with E-state index in [0.29, 0.717) is 22.4 Å². The number of hydrogen-bond donors (Lipinski definition) is 4. The molecule has 1 aliphatic rings. The summed E-state index contributed by atoms with van der Waals surface area (Å²) in [4.78, 5) is 40.7. The summed E-state index contributed by atoms with van der Waals surface area (Å²) in [7, 11) is 0. The van der Waals surface area contributed by atoms with E-state index in [4.69, 9.17) is 16.6 Å². The molecule has 0 radical (unpaired) electrons. The van der Waals surface area contributed by atoms with E-state index in [2.05, 4.69) is 37.5 Å². The Morgan fingerprint density at radius 1 is 1.08 bits per heavy atom. The van der Waals surface area contributed by atoms with Crippen molar-refractivity contribution in [1.82, 2.24) is 25.3 Å². The number of nitrogens with one attached hydrogen (secondary N) is 4. The number of hydrogen-bond acceptors (Lipinski definition) is 6. The lowest BCUT2D eigenvalue weighted by molar-refractivity contribution is -0.111. The normalized spacial score (nSPS) is 17.2. The van der Waals surface area contributed by atoms with Crippen LogP contribution in [0.1, 0.15) is 36.2 Å². The maximum atomic E-state index is 12.7. The smallest absolute Gasteiger partial charge is 0.270 e. The van der Waals surface area contributed by atoms with Crippen LogP contribution in [0.3, 0.4) is 0 Å². The number of aromatic amines is 1. The van der Waals surface area contributed by atoms with Crippen molar-refractivity contribution in [2.24, 2.45) is 0 Å². The minimum Gasteiger partial charge on any atom is -0.360 e. The van der Waals surface area contributed by atoms with Gasteiger partial charge in [-0.2, -0.15) is 0 Å². The van der Waals surface area contributed by atoms with Gasteiger partial charge < -0.3 is 20.9 Å². The van der Waals surface area contributed by atoms with Crippen LogP contribution in [-0.2, 0) is 4.79 Å². The summed E-state index contributed by atoms with van der Waals surface area (Å²) in [6.45, 7) is 3.41. The maximum absolute atomic E-state index is 12.7. The number of carbonyl (C=O) groups is 2. The zero-order valence-electron chi connectivity index (χ0n) is 20.0. The fraction of sp³-hybridized carbons (Fsp3) is 0.222. The molecule has 3 aromatic heterocycles. The average molecular weight is 516 g/mol. The predicted molar refractivity (Wildman–Crippen MR) is 145 cm³/mol. The molecule has 37 heavy (non-hydrogen) atoms. The third-order valence-electron chi connectivity index (χ3n) is 6.38. The highest BCUT2D eigenvalue weighted by Gasteiger charge is 2.25. The molecule has 0 spiro atoms. The van der Waals surface area contributed by atoms with Crippen LogP contribution >= 0.6 is 11.6 Å². The van der Waals surface area contributed by atoms with Gasteiger partial charge in [0.05, 0.1) is 28.8 Å². The molecule has 10 heteroatoms. The molecule has 1 fully saturated rings. The van der Waals surface area contributed by atoms with Crippen LogP contribution in [0, 0.1) is 0 Å². The molecule has 188 valence electrons. The van der Waals surface area contributed by atoms with Crippen LogP contribution in [0.25, 0.3) is 22.2 Å². The van der Waals surface area contributed by atoms with Gasteiger partial charge in [-0.3, -0.25) is 9.59 Å². The number of benzene rings is 1. The van der Waals surface area contributed by atoms with Crippen molar-refractivity contribution in [2.45, 2.75) is 37.8 Å². The van der Waals surface area contributed by atoms with E-state index in [1.54, 1.807) is 18.3 Å². The number of H-pyrrole nitrogens is 1. The summed E-state index contributed by atoms with van der Waals surface area (Å²) >= 11 is 6.47. The molecule has 1 aliphatic carbocycles. The summed E-state index contributed by atoms with van der Waals surface area (Å²) < 4.78 is 0. The van der Waals surface area contributed by atoms with E-state index in [0.717, 1.165) is 42.1 Å². The van der Waals surface area contributed by atoms with Crippen molar-refractivity contribution in [3.63, 3.8) is 0 Å². The van der Waals surface area contributed by atoms with Gasteiger partial charge in [0.2, 0.25) is 11.9 Å². The Morgan fingerprint density at radius 2 is 1.92 bits per heavy atom. The van der Waals surface area contributed by atoms with Gasteiger partial charge in [-0.15, -0.1) is 0 Å². The molecule has 9 nitrogen and oxygen atoms in total. The number of pyridine rings is 1. The fourth-order valence-corrected chi connectivity index (χ4v) is 4.78. The van der Waals surface area contributed by atoms with Crippen molar-refractivity contribution >= 4 is 46.0 Å². The quantitative estimate of drug-likeness (QED) is 0.258. The van der Waals surface area contributed by atoms with Crippen molar-refractivity contribution in [2.75, 3.05) is 10.6 Å². The van der Waals surface area contributed by atoms with E-state index in [-0.39, 0.29) is 29.6 Å². The first kappa shape index (κ1) is 24.5. The number of fused-ring (bicyclic) bond motifs is 1.